The zero-order valence-electron chi connectivity index (χ0n) is 20.0. The smallest absolute Gasteiger partial charge is 0.305 e. The quantitative estimate of drug-likeness (QED) is 0.353. The summed E-state index contributed by atoms with van der Waals surface area (Å²) in [6, 6.07) is 20.3. The number of hydrogen-bond donors (Lipinski definition) is 3. The van der Waals surface area contributed by atoms with E-state index in [-0.39, 0.29) is 17.4 Å². The summed E-state index contributed by atoms with van der Waals surface area (Å²) in [4.78, 5) is 37.4. The second-order valence-electron chi connectivity index (χ2n) is 8.54. The molecule has 0 aliphatic heterocycles. The number of hydrazine groups is 1. The first-order chi connectivity index (χ1) is 18.0. The Kier molecular flexibility index (Phi) is 6.67. The number of fused-ring (bicyclic) bond motifs is 1. The van der Waals surface area contributed by atoms with Crippen molar-refractivity contribution in [2.24, 2.45) is 5.10 Å². The van der Waals surface area contributed by atoms with Crippen LogP contribution in [0.5, 0.6) is 0 Å². The first kappa shape index (κ1) is 23.8. The number of nitrogens with one attached hydrogen (secondary N) is 3. The van der Waals surface area contributed by atoms with Gasteiger partial charge < -0.3 is 8.83 Å². The molecule has 2 heterocycles. The zero-order chi connectivity index (χ0) is 25.8. The fourth-order valence-electron chi connectivity index (χ4n) is 4.26. The van der Waals surface area contributed by atoms with Crippen molar-refractivity contribution >= 4 is 23.4 Å². The van der Waals surface area contributed by atoms with Gasteiger partial charge in [0.2, 0.25) is 0 Å². The van der Waals surface area contributed by atoms with Crippen LogP contribution in [-0.4, -0.2) is 23.4 Å². The molecular formula is C28H24N4O5. The first-order valence-corrected chi connectivity index (χ1v) is 11.8. The van der Waals surface area contributed by atoms with E-state index in [9.17, 15) is 14.4 Å². The molecule has 0 fully saturated rings. The Morgan fingerprint density at radius 1 is 0.811 bits per heavy atom. The van der Waals surface area contributed by atoms with Crippen molar-refractivity contribution in [1.82, 2.24) is 16.3 Å². The highest BCUT2D eigenvalue weighted by atomic mass is 16.4. The van der Waals surface area contributed by atoms with Crippen molar-refractivity contribution < 1.29 is 23.2 Å². The third-order valence-electron chi connectivity index (χ3n) is 6.11. The molecule has 37 heavy (non-hydrogen) atoms. The van der Waals surface area contributed by atoms with Crippen LogP contribution in [0.25, 0.3) is 11.1 Å². The van der Waals surface area contributed by atoms with E-state index in [4.69, 9.17) is 8.83 Å². The second kappa shape index (κ2) is 10.4. The summed E-state index contributed by atoms with van der Waals surface area (Å²) < 4.78 is 10.8. The second-order valence-corrected chi connectivity index (χ2v) is 8.54. The number of carbonyl (C=O) groups is 3. The molecule has 5 rings (SSSR count). The molecule has 0 radical (unpaired) electrons. The Hall–Kier alpha value is -4.92. The van der Waals surface area contributed by atoms with E-state index in [1.165, 1.54) is 12.3 Å². The maximum absolute atomic E-state index is 12.7. The van der Waals surface area contributed by atoms with E-state index in [0.29, 0.717) is 41.0 Å². The Labute approximate surface area is 212 Å². The molecule has 0 saturated heterocycles. The average molecular weight is 497 g/mol. The van der Waals surface area contributed by atoms with Gasteiger partial charge in [-0.15, -0.1) is 0 Å². The predicted molar refractivity (Wildman–Crippen MR) is 136 cm³/mol. The van der Waals surface area contributed by atoms with Gasteiger partial charge in [-0.3, -0.25) is 25.2 Å². The number of furan rings is 2. The SMILES string of the molecule is Cc1c(C(=O)NNC(=O)c2ccco2)oc2c1/C(=N/NC(=O)c1ccc(-c3ccccc3)cc1)CCC2. The summed E-state index contributed by atoms with van der Waals surface area (Å²) in [6.07, 6.45) is 3.38. The summed E-state index contributed by atoms with van der Waals surface area (Å²) in [5, 5.41) is 4.37. The Morgan fingerprint density at radius 3 is 2.27 bits per heavy atom. The van der Waals surface area contributed by atoms with E-state index < -0.39 is 11.8 Å². The number of benzene rings is 2. The van der Waals surface area contributed by atoms with Gasteiger partial charge in [-0.05, 0) is 55.2 Å². The van der Waals surface area contributed by atoms with Gasteiger partial charge in [0.25, 0.3) is 5.91 Å². The molecule has 1 aliphatic rings. The van der Waals surface area contributed by atoms with Gasteiger partial charge in [0, 0.05) is 23.1 Å². The molecule has 0 atom stereocenters. The van der Waals surface area contributed by atoms with Crippen molar-refractivity contribution in [3.05, 3.63) is 107 Å². The molecule has 3 N–H and O–H groups in total. The summed E-state index contributed by atoms with van der Waals surface area (Å²) in [5.74, 6) is -0.772. The van der Waals surface area contributed by atoms with Crippen molar-refractivity contribution in [3.8, 4) is 11.1 Å². The fraction of sp³-hybridized carbons (Fsp3) is 0.143. The van der Waals surface area contributed by atoms with Crippen LogP contribution in [0.1, 0.15) is 61.2 Å². The standard InChI is InChI=1S/C28H24N4O5/c1-17-24-21(29-30-26(33)20-14-12-19(13-15-20)18-7-3-2-4-8-18)9-5-10-22(24)37-25(17)28(35)32-31-27(34)23-11-6-16-36-23/h2-4,6-8,11-16H,5,9-10H2,1H3,(H,30,33)(H,31,34)(H,32,35)/b29-21+. The number of hydrogen-bond acceptors (Lipinski definition) is 6. The molecule has 186 valence electrons. The highest BCUT2D eigenvalue weighted by Gasteiger charge is 2.28. The van der Waals surface area contributed by atoms with E-state index in [1.807, 2.05) is 42.5 Å². The lowest BCUT2D eigenvalue weighted by atomic mass is 9.93. The van der Waals surface area contributed by atoms with E-state index in [1.54, 1.807) is 25.1 Å². The van der Waals surface area contributed by atoms with Gasteiger partial charge in [0.15, 0.2) is 11.5 Å². The van der Waals surface area contributed by atoms with Gasteiger partial charge in [-0.1, -0.05) is 42.5 Å². The normalized spacial score (nSPS) is 13.6. The third kappa shape index (κ3) is 5.06. The molecule has 0 unspecified atom stereocenters. The first-order valence-electron chi connectivity index (χ1n) is 11.8. The lowest BCUT2D eigenvalue weighted by Crippen LogP contribution is -2.41. The van der Waals surface area contributed by atoms with Crippen LogP contribution in [0.3, 0.4) is 0 Å². The molecule has 0 spiro atoms. The van der Waals surface area contributed by atoms with Gasteiger partial charge in [0.1, 0.15) is 5.76 Å². The number of carbonyl (C=O) groups excluding carboxylic acids is 3. The Bertz CT molecular complexity index is 1470. The number of amides is 3. The zero-order valence-corrected chi connectivity index (χ0v) is 20.0. The van der Waals surface area contributed by atoms with Crippen molar-refractivity contribution in [2.45, 2.75) is 26.2 Å². The van der Waals surface area contributed by atoms with Crippen LogP contribution in [0.15, 0.2) is 86.9 Å². The monoisotopic (exact) mass is 496 g/mol. The van der Waals surface area contributed by atoms with Crippen molar-refractivity contribution in [2.75, 3.05) is 0 Å². The van der Waals surface area contributed by atoms with Crippen LogP contribution >= 0.6 is 0 Å². The van der Waals surface area contributed by atoms with E-state index >= 15 is 0 Å². The molecule has 2 aromatic carbocycles. The predicted octanol–water partition coefficient (Wildman–Crippen LogP) is 4.39. The van der Waals surface area contributed by atoms with Gasteiger partial charge in [-0.2, -0.15) is 5.10 Å². The molecule has 9 heteroatoms. The van der Waals surface area contributed by atoms with E-state index in [2.05, 4.69) is 21.4 Å². The summed E-state index contributed by atoms with van der Waals surface area (Å²) >= 11 is 0. The topological polar surface area (TPSA) is 126 Å². The molecule has 3 amide bonds. The summed E-state index contributed by atoms with van der Waals surface area (Å²) in [6.45, 7) is 1.75. The van der Waals surface area contributed by atoms with Crippen molar-refractivity contribution in [1.29, 1.82) is 0 Å². The maximum Gasteiger partial charge on any atom is 0.305 e. The number of nitrogens with zero attached hydrogens (tertiary/aromatic N) is 1. The van der Waals surface area contributed by atoms with Crippen LogP contribution < -0.4 is 16.3 Å². The summed E-state index contributed by atoms with van der Waals surface area (Å²) in [7, 11) is 0. The third-order valence-corrected chi connectivity index (χ3v) is 6.11. The van der Waals surface area contributed by atoms with Crippen molar-refractivity contribution in [3.63, 3.8) is 0 Å². The van der Waals surface area contributed by atoms with Gasteiger partial charge in [0.05, 0.1) is 12.0 Å². The fourth-order valence-corrected chi connectivity index (χ4v) is 4.26. The molecule has 1 aliphatic carbocycles. The summed E-state index contributed by atoms with van der Waals surface area (Å²) in [5.41, 5.74) is 11.7. The molecular weight excluding hydrogens is 472 g/mol. The molecule has 9 nitrogen and oxygen atoms in total. The number of aryl methyl sites for hydroxylation is 1. The minimum atomic E-state index is -0.603. The van der Waals surface area contributed by atoms with Crippen LogP contribution in [0.2, 0.25) is 0 Å². The minimum Gasteiger partial charge on any atom is -0.459 e. The largest absolute Gasteiger partial charge is 0.459 e. The van der Waals surface area contributed by atoms with Crippen LogP contribution in [0, 0.1) is 6.92 Å². The van der Waals surface area contributed by atoms with Gasteiger partial charge >= 0.3 is 11.8 Å². The molecule has 0 saturated carbocycles. The van der Waals surface area contributed by atoms with Gasteiger partial charge in [-0.25, -0.2) is 5.43 Å². The highest BCUT2D eigenvalue weighted by molar-refractivity contribution is 6.07. The Balaban J connectivity index is 1.28. The molecule has 0 bridgehead atoms. The molecule has 2 aromatic heterocycles. The van der Waals surface area contributed by atoms with Crippen LogP contribution in [0.4, 0.5) is 0 Å². The average Bonchev–Trinajstić information content (AvgIpc) is 3.60. The number of hydrazone groups is 1. The Morgan fingerprint density at radius 2 is 1.54 bits per heavy atom. The van der Waals surface area contributed by atoms with E-state index in [0.717, 1.165) is 17.5 Å². The van der Waals surface area contributed by atoms with Crippen LogP contribution in [-0.2, 0) is 6.42 Å². The lowest BCUT2D eigenvalue weighted by molar-refractivity contribution is 0.0815. The molecule has 4 aromatic rings. The minimum absolute atomic E-state index is 0.0654. The lowest BCUT2D eigenvalue weighted by Gasteiger charge is -2.13. The highest BCUT2D eigenvalue weighted by Crippen LogP contribution is 2.30. The number of rotatable bonds is 5. The maximum atomic E-state index is 12.7.